The number of nitrogens with zero attached hydrogens (tertiary/aromatic N) is 1. The van der Waals surface area contributed by atoms with Crippen molar-refractivity contribution >= 4 is 46.3 Å². The SMILES string of the molecule is [B]c1ccc(N2c3ccc(Br)cc3NC2C)cc1. The molecule has 1 unspecified atom stereocenters. The number of fused-ring (bicyclic) bond motifs is 1. The molecule has 0 saturated carbocycles. The predicted molar refractivity (Wildman–Crippen MR) is 81.2 cm³/mol. The summed E-state index contributed by atoms with van der Waals surface area (Å²) < 4.78 is 1.08. The maximum absolute atomic E-state index is 5.73. The van der Waals surface area contributed by atoms with Crippen LogP contribution in [0.1, 0.15) is 6.92 Å². The fraction of sp³-hybridized carbons (Fsp3) is 0.143. The first-order chi connectivity index (χ1) is 8.65. The van der Waals surface area contributed by atoms with Gasteiger partial charge in [-0.2, -0.15) is 0 Å². The van der Waals surface area contributed by atoms with E-state index in [0.29, 0.717) is 0 Å². The van der Waals surface area contributed by atoms with Crippen LogP contribution >= 0.6 is 15.9 Å². The van der Waals surface area contributed by atoms with Crippen LogP contribution in [0.3, 0.4) is 0 Å². The van der Waals surface area contributed by atoms with E-state index in [2.05, 4.69) is 51.3 Å². The zero-order valence-electron chi connectivity index (χ0n) is 10.0. The summed E-state index contributed by atoms with van der Waals surface area (Å²) in [6, 6.07) is 14.2. The third-order valence-corrected chi connectivity index (χ3v) is 3.63. The molecule has 0 bridgehead atoms. The van der Waals surface area contributed by atoms with E-state index in [4.69, 9.17) is 7.85 Å². The second kappa shape index (κ2) is 4.36. The maximum Gasteiger partial charge on any atom is 0.113 e. The van der Waals surface area contributed by atoms with Crippen molar-refractivity contribution in [3.8, 4) is 0 Å². The van der Waals surface area contributed by atoms with Crippen LogP contribution in [0.25, 0.3) is 0 Å². The van der Waals surface area contributed by atoms with Gasteiger partial charge in [-0.25, -0.2) is 0 Å². The Bertz CT molecular complexity index is 583. The second-order valence-electron chi connectivity index (χ2n) is 4.44. The molecule has 3 rings (SSSR count). The van der Waals surface area contributed by atoms with E-state index in [1.807, 2.05) is 24.3 Å². The molecule has 18 heavy (non-hydrogen) atoms. The lowest BCUT2D eigenvalue weighted by atomic mass is 9.96. The lowest BCUT2D eigenvalue weighted by molar-refractivity contribution is 0.843. The Balaban J connectivity index is 2.06. The van der Waals surface area contributed by atoms with Crippen molar-refractivity contribution in [2.45, 2.75) is 13.1 Å². The molecule has 1 aliphatic heterocycles. The summed E-state index contributed by atoms with van der Waals surface area (Å²) in [5, 5.41) is 3.47. The van der Waals surface area contributed by atoms with Gasteiger partial charge in [-0.15, -0.1) is 0 Å². The zero-order chi connectivity index (χ0) is 12.7. The van der Waals surface area contributed by atoms with Crippen molar-refractivity contribution in [1.29, 1.82) is 0 Å². The van der Waals surface area contributed by atoms with Gasteiger partial charge in [0.15, 0.2) is 0 Å². The minimum atomic E-state index is 0.234. The van der Waals surface area contributed by atoms with Gasteiger partial charge in [0.1, 0.15) is 14.0 Å². The summed E-state index contributed by atoms with van der Waals surface area (Å²) in [5.74, 6) is 0. The monoisotopic (exact) mass is 298 g/mol. The summed E-state index contributed by atoms with van der Waals surface area (Å²) in [5.41, 5.74) is 4.27. The van der Waals surface area contributed by atoms with Crippen LogP contribution in [0, 0.1) is 0 Å². The summed E-state index contributed by atoms with van der Waals surface area (Å²) in [6.45, 7) is 2.14. The molecule has 0 aliphatic carbocycles. The minimum absolute atomic E-state index is 0.234. The van der Waals surface area contributed by atoms with Gasteiger partial charge in [0.05, 0.1) is 11.4 Å². The van der Waals surface area contributed by atoms with E-state index in [-0.39, 0.29) is 6.17 Å². The van der Waals surface area contributed by atoms with Crippen LogP contribution in [0.4, 0.5) is 17.1 Å². The van der Waals surface area contributed by atoms with E-state index < -0.39 is 0 Å². The molecule has 0 saturated heterocycles. The highest BCUT2D eigenvalue weighted by atomic mass is 79.9. The van der Waals surface area contributed by atoms with Crippen LogP contribution in [0.5, 0.6) is 0 Å². The van der Waals surface area contributed by atoms with Crippen molar-refractivity contribution in [3.63, 3.8) is 0 Å². The highest BCUT2D eigenvalue weighted by molar-refractivity contribution is 9.10. The Hall–Kier alpha value is -1.42. The summed E-state index contributed by atoms with van der Waals surface area (Å²) in [6.07, 6.45) is 0.234. The molecule has 0 spiro atoms. The van der Waals surface area contributed by atoms with Crippen LogP contribution in [0.15, 0.2) is 46.9 Å². The molecule has 1 aliphatic rings. The largest absolute Gasteiger partial charge is 0.363 e. The molecule has 88 valence electrons. The minimum Gasteiger partial charge on any atom is -0.363 e. The molecule has 0 aromatic heterocycles. The maximum atomic E-state index is 5.73. The van der Waals surface area contributed by atoms with Gasteiger partial charge in [-0.1, -0.05) is 33.5 Å². The van der Waals surface area contributed by atoms with E-state index >= 15 is 0 Å². The molecule has 2 radical (unpaired) electrons. The van der Waals surface area contributed by atoms with Gasteiger partial charge in [-0.05, 0) is 37.3 Å². The van der Waals surface area contributed by atoms with Crippen LogP contribution in [0.2, 0.25) is 0 Å². The zero-order valence-corrected chi connectivity index (χ0v) is 11.6. The normalized spacial score (nSPS) is 17.4. The number of anilines is 3. The first-order valence-electron chi connectivity index (χ1n) is 5.86. The Labute approximate surface area is 117 Å². The number of halogens is 1. The molecule has 4 heteroatoms. The molecule has 2 aromatic rings. The Morgan fingerprint density at radius 3 is 2.61 bits per heavy atom. The highest BCUT2D eigenvalue weighted by Crippen LogP contribution is 2.40. The van der Waals surface area contributed by atoms with Gasteiger partial charge >= 0.3 is 0 Å². The Kier molecular flexibility index (Phi) is 2.82. The van der Waals surface area contributed by atoms with Crippen molar-refractivity contribution in [3.05, 3.63) is 46.9 Å². The second-order valence-corrected chi connectivity index (χ2v) is 5.36. The molecule has 0 amide bonds. The molecular formula is C14H12BBrN2. The molecule has 2 aromatic carbocycles. The van der Waals surface area contributed by atoms with E-state index in [9.17, 15) is 0 Å². The molecule has 1 N–H and O–H groups in total. The van der Waals surface area contributed by atoms with Crippen molar-refractivity contribution in [2.24, 2.45) is 0 Å². The lowest BCUT2D eigenvalue weighted by Crippen LogP contribution is -2.28. The molecule has 0 fully saturated rings. The topological polar surface area (TPSA) is 15.3 Å². The van der Waals surface area contributed by atoms with Crippen molar-refractivity contribution in [2.75, 3.05) is 10.2 Å². The fourth-order valence-corrected chi connectivity index (χ4v) is 2.69. The smallest absolute Gasteiger partial charge is 0.113 e. The molecule has 2 nitrogen and oxygen atoms in total. The first kappa shape index (κ1) is 11.7. The standard InChI is InChI=1S/C14H12BBrN2/c1-9-17-13-8-11(16)4-7-14(13)18(9)12-5-2-10(15)3-6-12/h2-9,17H,1H3. The van der Waals surface area contributed by atoms with E-state index in [1.54, 1.807) is 0 Å². The molecular weight excluding hydrogens is 287 g/mol. The molecule has 1 heterocycles. The summed E-state index contributed by atoms with van der Waals surface area (Å²) >= 11 is 3.50. The Morgan fingerprint density at radius 1 is 1.17 bits per heavy atom. The highest BCUT2D eigenvalue weighted by Gasteiger charge is 2.26. The summed E-state index contributed by atoms with van der Waals surface area (Å²) in [4.78, 5) is 2.27. The molecule has 1 atom stereocenters. The lowest BCUT2D eigenvalue weighted by Gasteiger charge is -2.24. The third-order valence-electron chi connectivity index (χ3n) is 3.14. The average molecular weight is 299 g/mol. The van der Waals surface area contributed by atoms with Gasteiger partial charge in [0, 0.05) is 10.2 Å². The van der Waals surface area contributed by atoms with Gasteiger partial charge in [0.25, 0.3) is 0 Å². The average Bonchev–Trinajstić information content (AvgIpc) is 2.65. The number of nitrogens with one attached hydrogen (secondary N) is 1. The number of rotatable bonds is 1. The van der Waals surface area contributed by atoms with Gasteiger partial charge < -0.3 is 10.2 Å². The van der Waals surface area contributed by atoms with Gasteiger partial charge in [0.2, 0.25) is 0 Å². The van der Waals surface area contributed by atoms with Crippen molar-refractivity contribution in [1.82, 2.24) is 0 Å². The van der Waals surface area contributed by atoms with Crippen LogP contribution < -0.4 is 15.7 Å². The number of hydrogen-bond donors (Lipinski definition) is 1. The van der Waals surface area contributed by atoms with Crippen molar-refractivity contribution < 1.29 is 0 Å². The predicted octanol–water partition coefficient (Wildman–Crippen LogP) is 3.15. The number of benzene rings is 2. The Morgan fingerprint density at radius 2 is 1.89 bits per heavy atom. The quantitative estimate of drug-likeness (QED) is 0.814. The van der Waals surface area contributed by atoms with E-state index in [0.717, 1.165) is 21.3 Å². The third kappa shape index (κ3) is 1.91. The van der Waals surface area contributed by atoms with E-state index in [1.165, 1.54) is 5.69 Å². The first-order valence-corrected chi connectivity index (χ1v) is 6.65. The van der Waals surface area contributed by atoms with Gasteiger partial charge in [-0.3, -0.25) is 0 Å². The number of hydrogen-bond acceptors (Lipinski definition) is 2. The van der Waals surface area contributed by atoms with Crippen LogP contribution in [-0.2, 0) is 0 Å². The fourth-order valence-electron chi connectivity index (χ4n) is 2.33. The summed E-state index contributed by atoms with van der Waals surface area (Å²) in [7, 11) is 5.73. The van der Waals surface area contributed by atoms with Crippen LogP contribution in [-0.4, -0.2) is 14.0 Å².